The molecule has 0 bridgehead atoms. The fourth-order valence-corrected chi connectivity index (χ4v) is 1.11. The minimum atomic E-state index is -0.778. The van der Waals surface area contributed by atoms with E-state index in [0.29, 0.717) is 5.92 Å². The summed E-state index contributed by atoms with van der Waals surface area (Å²) in [6, 6.07) is 0. The Kier molecular flexibility index (Phi) is 1.60. The van der Waals surface area contributed by atoms with E-state index in [-0.39, 0.29) is 0 Å². The molecular formula is C6H11NO2. The van der Waals surface area contributed by atoms with Crippen LogP contribution < -0.4 is 0 Å². The predicted octanol–water partition coefficient (Wildman–Crippen LogP) is 1.01. The third-order valence-corrected chi connectivity index (χ3v) is 1.69. The minimum Gasteiger partial charge on any atom is -0.465 e. The van der Waals surface area contributed by atoms with Crippen molar-refractivity contribution in [2.75, 3.05) is 13.1 Å². The van der Waals surface area contributed by atoms with E-state index in [0.717, 1.165) is 19.5 Å². The van der Waals surface area contributed by atoms with Gasteiger partial charge in [-0.25, -0.2) is 4.79 Å². The number of hydrogen-bond donors (Lipinski definition) is 1. The van der Waals surface area contributed by atoms with E-state index < -0.39 is 6.09 Å². The van der Waals surface area contributed by atoms with Gasteiger partial charge >= 0.3 is 6.09 Å². The van der Waals surface area contributed by atoms with Gasteiger partial charge in [0.15, 0.2) is 0 Å². The van der Waals surface area contributed by atoms with Crippen molar-refractivity contribution in [2.24, 2.45) is 5.92 Å². The second-order valence-corrected chi connectivity index (χ2v) is 2.62. The van der Waals surface area contributed by atoms with Gasteiger partial charge in [-0.2, -0.15) is 0 Å². The lowest BCUT2D eigenvalue weighted by molar-refractivity contribution is 0.154. The number of hydrogen-bond acceptors (Lipinski definition) is 1. The molecule has 0 aliphatic carbocycles. The summed E-state index contributed by atoms with van der Waals surface area (Å²) in [4.78, 5) is 11.7. The van der Waals surface area contributed by atoms with Crippen LogP contribution in [0.1, 0.15) is 13.3 Å². The first-order valence-corrected chi connectivity index (χ1v) is 3.18. The van der Waals surface area contributed by atoms with Gasteiger partial charge in [-0.1, -0.05) is 6.92 Å². The van der Waals surface area contributed by atoms with E-state index >= 15 is 0 Å². The van der Waals surface area contributed by atoms with Crippen LogP contribution >= 0.6 is 0 Å². The molecule has 0 aromatic heterocycles. The molecule has 1 atom stereocenters. The van der Waals surface area contributed by atoms with E-state index in [4.69, 9.17) is 5.11 Å². The molecule has 9 heavy (non-hydrogen) atoms. The van der Waals surface area contributed by atoms with Gasteiger partial charge in [0.25, 0.3) is 0 Å². The molecule has 0 saturated carbocycles. The summed E-state index contributed by atoms with van der Waals surface area (Å²) in [6.07, 6.45) is 0.242. The lowest BCUT2D eigenvalue weighted by atomic mass is 10.2. The Morgan fingerprint density at radius 3 is 2.67 bits per heavy atom. The summed E-state index contributed by atoms with van der Waals surface area (Å²) in [7, 11) is 0. The number of rotatable bonds is 0. The second kappa shape index (κ2) is 2.25. The lowest BCUT2D eigenvalue weighted by Crippen LogP contribution is -2.26. The largest absolute Gasteiger partial charge is 0.465 e. The Hall–Kier alpha value is -0.730. The van der Waals surface area contributed by atoms with Crippen LogP contribution in [-0.2, 0) is 0 Å². The summed E-state index contributed by atoms with van der Waals surface area (Å²) in [5.74, 6) is 0.557. The highest BCUT2D eigenvalue weighted by atomic mass is 16.4. The molecule has 1 aliphatic heterocycles. The van der Waals surface area contributed by atoms with Crippen LogP contribution in [0.25, 0.3) is 0 Å². The molecule has 1 aliphatic rings. The standard InChI is InChI=1S/C6H11NO2/c1-5-2-3-7(4-5)6(8)9/h5H,2-4H2,1H3,(H,8,9)/t5-/m0/s1. The Bertz CT molecular complexity index is 124. The molecule has 3 nitrogen and oxygen atoms in total. The van der Waals surface area contributed by atoms with Crippen molar-refractivity contribution in [3.63, 3.8) is 0 Å². The van der Waals surface area contributed by atoms with Crippen LogP contribution in [0.3, 0.4) is 0 Å². The summed E-state index contributed by atoms with van der Waals surface area (Å²) < 4.78 is 0. The van der Waals surface area contributed by atoms with E-state index in [9.17, 15) is 4.79 Å². The topological polar surface area (TPSA) is 40.5 Å². The highest BCUT2D eigenvalue weighted by Crippen LogP contribution is 2.14. The number of amides is 1. The first kappa shape index (κ1) is 6.39. The van der Waals surface area contributed by atoms with E-state index in [1.165, 1.54) is 4.90 Å². The highest BCUT2D eigenvalue weighted by molar-refractivity contribution is 5.65. The molecule has 1 heterocycles. The smallest absolute Gasteiger partial charge is 0.407 e. The number of likely N-dealkylation sites (tertiary alicyclic amines) is 1. The first-order valence-electron chi connectivity index (χ1n) is 3.18. The third-order valence-electron chi connectivity index (χ3n) is 1.69. The Morgan fingerprint density at radius 1 is 1.78 bits per heavy atom. The lowest BCUT2D eigenvalue weighted by Gasteiger charge is -2.08. The molecule has 1 fully saturated rings. The van der Waals surface area contributed by atoms with Gasteiger partial charge in [-0.05, 0) is 12.3 Å². The van der Waals surface area contributed by atoms with Crippen molar-refractivity contribution >= 4 is 6.09 Å². The number of nitrogens with zero attached hydrogens (tertiary/aromatic N) is 1. The predicted molar refractivity (Wildman–Crippen MR) is 33.4 cm³/mol. The summed E-state index contributed by atoms with van der Waals surface area (Å²) in [5, 5.41) is 8.46. The Morgan fingerprint density at radius 2 is 2.44 bits per heavy atom. The molecule has 1 amide bonds. The third kappa shape index (κ3) is 1.34. The van der Waals surface area contributed by atoms with Gasteiger partial charge in [0.2, 0.25) is 0 Å². The second-order valence-electron chi connectivity index (χ2n) is 2.62. The van der Waals surface area contributed by atoms with Crippen molar-refractivity contribution in [1.82, 2.24) is 4.90 Å². The summed E-state index contributed by atoms with van der Waals surface area (Å²) >= 11 is 0. The number of carboxylic acid groups (broad SMARTS) is 1. The van der Waals surface area contributed by atoms with Crippen molar-refractivity contribution in [3.05, 3.63) is 0 Å². The maximum absolute atomic E-state index is 10.3. The van der Waals surface area contributed by atoms with Gasteiger partial charge in [0.05, 0.1) is 0 Å². The average molecular weight is 129 g/mol. The van der Waals surface area contributed by atoms with Crippen molar-refractivity contribution < 1.29 is 9.90 Å². The fourth-order valence-electron chi connectivity index (χ4n) is 1.11. The van der Waals surface area contributed by atoms with Crippen LogP contribution in [0.4, 0.5) is 4.79 Å². The van der Waals surface area contributed by atoms with E-state index in [1.807, 2.05) is 0 Å². The van der Waals surface area contributed by atoms with Crippen LogP contribution in [-0.4, -0.2) is 29.2 Å². The average Bonchev–Trinajstić information content (AvgIpc) is 2.14. The zero-order chi connectivity index (χ0) is 6.85. The molecule has 0 unspecified atom stereocenters. The minimum absolute atomic E-state index is 0.557. The molecule has 3 heteroatoms. The zero-order valence-electron chi connectivity index (χ0n) is 5.50. The zero-order valence-corrected chi connectivity index (χ0v) is 5.50. The Balaban J connectivity index is 2.39. The molecule has 0 aromatic carbocycles. The van der Waals surface area contributed by atoms with E-state index in [2.05, 4.69) is 6.92 Å². The SMILES string of the molecule is C[C@H]1CCN(C(=O)O)C1. The molecule has 1 saturated heterocycles. The molecule has 52 valence electrons. The quantitative estimate of drug-likeness (QED) is 0.530. The Labute approximate surface area is 54.3 Å². The van der Waals surface area contributed by atoms with E-state index in [1.54, 1.807) is 0 Å². The first-order chi connectivity index (χ1) is 4.20. The molecule has 1 rings (SSSR count). The molecule has 1 N–H and O–H groups in total. The summed E-state index contributed by atoms with van der Waals surface area (Å²) in [5.41, 5.74) is 0. The van der Waals surface area contributed by atoms with Crippen LogP contribution in [0.2, 0.25) is 0 Å². The van der Waals surface area contributed by atoms with Gasteiger partial charge in [-0.3, -0.25) is 0 Å². The maximum atomic E-state index is 10.3. The van der Waals surface area contributed by atoms with Crippen molar-refractivity contribution in [2.45, 2.75) is 13.3 Å². The van der Waals surface area contributed by atoms with Crippen molar-refractivity contribution in [3.8, 4) is 0 Å². The van der Waals surface area contributed by atoms with Gasteiger partial charge in [0.1, 0.15) is 0 Å². The van der Waals surface area contributed by atoms with Crippen molar-refractivity contribution in [1.29, 1.82) is 0 Å². The van der Waals surface area contributed by atoms with Gasteiger partial charge < -0.3 is 10.0 Å². The van der Waals surface area contributed by atoms with Crippen LogP contribution in [0, 0.1) is 5.92 Å². The molecule has 0 radical (unpaired) electrons. The normalized spacial score (nSPS) is 26.8. The molecule has 0 aromatic rings. The monoisotopic (exact) mass is 129 g/mol. The number of carbonyl (C=O) groups is 1. The maximum Gasteiger partial charge on any atom is 0.407 e. The van der Waals surface area contributed by atoms with Gasteiger partial charge in [-0.15, -0.1) is 0 Å². The summed E-state index contributed by atoms with van der Waals surface area (Å²) in [6.45, 7) is 3.51. The van der Waals surface area contributed by atoms with Crippen LogP contribution in [0.5, 0.6) is 0 Å². The van der Waals surface area contributed by atoms with Crippen LogP contribution in [0.15, 0.2) is 0 Å². The molecule has 0 spiro atoms. The van der Waals surface area contributed by atoms with Gasteiger partial charge in [0, 0.05) is 13.1 Å². The molecular weight excluding hydrogens is 118 g/mol. The highest BCUT2D eigenvalue weighted by Gasteiger charge is 2.21. The fraction of sp³-hybridized carbons (Fsp3) is 0.833.